The molecule has 1 aromatic rings. The quantitative estimate of drug-likeness (QED) is 0.724. The second-order valence-electron chi connectivity index (χ2n) is 5.91. The van der Waals surface area contributed by atoms with Gasteiger partial charge in [-0.25, -0.2) is 0 Å². The van der Waals surface area contributed by atoms with Crippen molar-refractivity contribution in [2.45, 2.75) is 51.7 Å². The average Bonchev–Trinajstić information content (AvgIpc) is 2.40. The van der Waals surface area contributed by atoms with Crippen LogP contribution < -0.4 is 15.8 Å². The van der Waals surface area contributed by atoms with Crippen LogP contribution in [0.4, 0.5) is 11.4 Å². The van der Waals surface area contributed by atoms with Crippen LogP contribution in [0.25, 0.3) is 0 Å². The van der Waals surface area contributed by atoms with Gasteiger partial charge in [-0.15, -0.1) is 0 Å². The monoisotopic (exact) mass is 278 g/mol. The van der Waals surface area contributed by atoms with Gasteiger partial charge in [0.2, 0.25) is 0 Å². The molecule has 112 valence electrons. The number of nitrogens with two attached hydrogens (primary N) is 1. The van der Waals surface area contributed by atoms with Crippen LogP contribution in [0.2, 0.25) is 0 Å². The first-order valence-corrected chi connectivity index (χ1v) is 7.54. The average molecular weight is 278 g/mol. The molecule has 0 aliphatic heterocycles. The second kappa shape index (κ2) is 6.84. The fourth-order valence-electron chi connectivity index (χ4n) is 2.68. The highest BCUT2D eigenvalue weighted by Crippen LogP contribution is 2.28. The maximum absolute atomic E-state index is 9.98. The van der Waals surface area contributed by atoms with Crippen molar-refractivity contribution in [3.8, 4) is 5.75 Å². The Morgan fingerprint density at radius 1 is 1.35 bits per heavy atom. The van der Waals surface area contributed by atoms with Crippen molar-refractivity contribution in [2.24, 2.45) is 5.92 Å². The molecular formula is C16H26N2O2. The molecule has 0 spiro atoms. The summed E-state index contributed by atoms with van der Waals surface area (Å²) in [6.45, 7) is 4.77. The molecule has 1 aromatic carbocycles. The number of aliphatic hydroxyl groups excluding tert-OH is 1. The van der Waals surface area contributed by atoms with E-state index in [0.29, 0.717) is 17.4 Å². The number of anilines is 2. The van der Waals surface area contributed by atoms with Gasteiger partial charge in [-0.05, 0) is 38.8 Å². The third-order valence-electron chi connectivity index (χ3n) is 3.81. The highest BCUT2D eigenvalue weighted by atomic mass is 16.5. The van der Waals surface area contributed by atoms with E-state index in [2.05, 4.69) is 5.32 Å². The van der Waals surface area contributed by atoms with Crippen molar-refractivity contribution in [1.29, 1.82) is 0 Å². The topological polar surface area (TPSA) is 67.5 Å². The summed E-state index contributed by atoms with van der Waals surface area (Å²) in [5.41, 5.74) is 7.55. The molecule has 0 aromatic heterocycles. The van der Waals surface area contributed by atoms with Gasteiger partial charge >= 0.3 is 0 Å². The van der Waals surface area contributed by atoms with Crippen molar-refractivity contribution in [3.05, 3.63) is 18.2 Å². The van der Waals surface area contributed by atoms with E-state index in [1.165, 1.54) is 6.42 Å². The zero-order chi connectivity index (χ0) is 14.5. The molecule has 0 radical (unpaired) electrons. The molecule has 1 fully saturated rings. The second-order valence-corrected chi connectivity index (χ2v) is 5.91. The van der Waals surface area contributed by atoms with E-state index in [0.717, 1.165) is 31.5 Å². The molecular weight excluding hydrogens is 252 g/mol. The predicted octanol–water partition coefficient (Wildman–Crippen LogP) is 3.02. The van der Waals surface area contributed by atoms with Crippen LogP contribution in [0.3, 0.4) is 0 Å². The number of ether oxygens (including phenoxy) is 1. The smallest absolute Gasteiger partial charge is 0.144 e. The summed E-state index contributed by atoms with van der Waals surface area (Å²) in [4.78, 5) is 0. The molecule has 1 saturated carbocycles. The van der Waals surface area contributed by atoms with E-state index in [4.69, 9.17) is 10.5 Å². The fourth-order valence-corrected chi connectivity index (χ4v) is 2.68. The Labute approximate surface area is 121 Å². The maximum atomic E-state index is 9.98. The van der Waals surface area contributed by atoms with Crippen molar-refractivity contribution in [1.82, 2.24) is 0 Å². The molecule has 0 bridgehead atoms. The number of aliphatic hydroxyl groups is 1. The number of benzene rings is 1. The summed E-state index contributed by atoms with van der Waals surface area (Å²) in [7, 11) is 0. The molecule has 4 N–H and O–H groups in total. The van der Waals surface area contributed by atoms with Crippen molar-refractivity contribution >= 4 is 11.4 Å². The van der Waals surface area contributed by atoms with Crippen molar-refractivity contribution in [3.63, 3.8) is 0 Å². The Morgan fingerprint density at radius 3 is 2.80 bits per heavy atom. The molecule has 0 heterocycles. The van der Waals surface area contributed by atoms with Gasteiger partial charge in [-0.1, -0.05) is 12.8 Å². The van der Waals surface area contributed by atoms with Crippen LogP contribution in [-0.2, 0) is 0 Å². The maximum Gasteiger partial charge on any atom is 0.144 e. The zero-order valence-corrected chi connectivity index (χ0v) is 12.4. The lowest BCUT2D eigenvalue weighted by Gasteiger charge is -2.28. The standard InChI is InChI=1S/C16H26N2O2/c1-11(2)20-16-9-13(7-8-14(16)17)18-10-12-5-3-4-6-15(12)19/h7-9,11-12,15,18-19H,3-6,10,17H2,1-2H3. The van der Waals surface area contributed by atoms with Crippen molar-refractivity contribution in [2.75, 3.05) is 17.6 Å². The SMILES string of the molecule is CC(C)Oc1cc(NCC2CCCCC2O)ccc1N. The van der Waals surface area contributed by atoms with Crippen LogP contribution in [0.1, 0.15) is 39.5 Å². The Morgan fingerprint density at radius 2 is 2.10 bits per heavy atom. The lowest BCUT2D eigenvalue weighted by atomic mass is 9.86. The summed E-state index contributed by atoms with van der Waals surface area (Å²) >= 11 is 0. The molecule has 4 heteroatoms. The van der Waals surface area contributed by atoms with Crippen LogP contribution in [0.5, 0.6) is 5.75 Å². The van der Waals surface area contributed by atoms with E-state index < -0.39 is 0 Å². The van der Waals surface area contributed by atoms with Gasteiger partial charge < -0.3 is 20.9 Å². The molecule has 2 atom stereocenters. The molecule has 1 aliphatic carbocycles. The third kappa shape index (κ3) is 4.04. The molecule has 1 aliphatic rings. The van der Waals surface area contributed by atoms with E-state index in [1.54, 1.807) is 0 Å². The summed E-state index contributed by atoms with van der Waals surface area (Å²) in [6, 6.07) is 5.75. The van der Waals surface area contributed by atoms with Crippen LogP contribution >= 0.6 is 0 Å². The largest absolute Gasteiger partial charge is 0.489 e. The van der Waals surface area contributed by atoms with E-state index >= 15 is 0 Å². The van der Waals surface area contributed by atoms with E-state index in [-0.39, 0.29) is 12.2 Å². The first kappa shape index (κ1) is 15.0. The van der Waals surface area contributed by atoms with Gasteiger partial charge in [-0.2, -0.15) is 0 Å². The van der Waals surface area contributed by atoms with E-state index in [9.17, 15) is 5.11 Å². The number of nitrogen functional groups attached to an aromatic ring is 1. The molecule has 2 unspecified atom stereocenters. The molecule has 2 rings (SSSR count). The van der Waals surface area contributed by atoms with Crippen LogP contribution in [0, 0.1) is 5.92 Å². The summed E-state index contributed by atoms with van der Waals surface area (Å²) < 4.78 is 5.68. The molecule has 0 amide bonds. The van der Waals surface area contributed by atoms with Crippen LogP contribution in [0.15, 0.2) is 18.2 Å². The van der Waals surface area contributed by atoms with Gasteiger partial charge in [0.1, 0.15) is 5.75 Å². The fraction of sp³-hybridized carbons (Fsp3) is 0.625. The summed E-state index contributed by atoms with van der Waals surface area (Å²) in [5, 5.41) is 13.4. The van der Waals surface area contributed by atoms with E-state index in [1.807, 2.05) is 32.0 Å². The minimum absolute atomic E-state index is 0.104. The van der Waals surface area contributed by atoms with Gasteiger partial charge in [0.05, 0.1) is 17.9 Å². The van der Waals surface area contributed by atoms with Gasteiger partial charge in [0, 0.05) is 24.2 Å². The molecule has 20 heavy (non-hydrogen) atoms. The Balaban J connectivity index is 1.95. The first-order chi connectivity index (χ1) is 9.56. The summed E-state index contributed by atoms with van der Waals surface area (Å²) in [5.74, 6) is 1.06. The predicted molar refractivity (Wildman–Crippen MR) is 83.1 cm³/mol. The number of hydrogen-bond donors (Lipinski definition) is 3. The minimum Gasteiger partial charge on any atom is -0.489 e. The van der Waals surface area contributed by atoms with Gasteiger partial charge in [-0.3, -0.25) is 0 Å². The van der Waals surface area contributed by atoms with Crippen LogP contribution in [-0.4, -0.2) is 23.9 Å². The number of nitrogens with one attached hydrogen (secondary N) is 1. The molecule has 4 nitrogen and oxygen atoms in total. The van der Waals surface area contributed by atoms with Gasteiger partial charge in [0.15, 0.2) is 0 Å². The first-order valence-electron chi connectivity index (χ1n) is 7.54. The Bertz CT molecular complexity index is 434. The summed E-state index contributed by atoms with van der Waals surface area (Å²) in [6.07, 6.45) is 4.32. The number of rotatable bonds is 5. The lowest BCUT2D eigenvalue weighted by molar-refractivity contribution is 0.0763. The van der Waals surface area contributed by atoms with Gasteiger partial charge in [0.25, 0.3) is 0 Å². The minimum atomic E-state index is -0.170. The van der Waals surface area contributed by atoms with Crippen molar-refractivity contribution < 1.29 is 9.84 Å². The molecule has 0 saturated heterocycles. The Kier molecular flexibility index (Phi) is 5.12. The lowest BCUT2D eigenvalue weighted by Crippen LogP contribution is -2.30. The highest BCUT2D eigenvalue weighted by molar-refractivity contribution is 5.61. The Hall–Kier alpha value is -1.42. The number of hydrogen-bond acceptors (Lipinski definition) is 4. The zero-order valence-electron chi connectivity index (χ0n) is 12.4. The third-order valence-corrected chi connectivity index (χ3v) is 3.81. The normalized spacial score (nSPS) is 22.8. The highest BCUT2D eigenvalue weighted by Gasteiger charge is 2.22.